The maximum absolute atomic E-state index is 10.8. The van der Waals surface area contributed by atoms with Crippen LogP contribution >= 0.6 is 0 Å². The molecular weight excluding hydrogens is 274 g/mol. The molecule has 4 nitrogen and oxygen atoms in total. The highest BCUT2D eigenvalue weighted by Gasteiger charge is 2.00. The van der Waals surface area contributed by atoms with Gasteiger partial charge in [-0.3, -0.25) is 0 Å². The molecule has 0 atom stereocenters. The number of carbonyl (C=O) groups excluding carboxylic acids is 1. The first-order valence-electron chi connectivity index (χ1n) is 6.69. The Morgan fingerprint density at radius 3 is 2.36 bits per heavy atom. The first-order chi connectivity index (χ1) is 10.7. The topological polar surface area (TPSA) is 78.9 Å². The smallest absolute Gasteiger partial charge is 0.316 e. The first-order valence-corrected chi connectivity index (χ1v) is 6.69. The van der Waals surface area contributed by atoms with E-state index >= 15 is 0 Å². The Morgan fingerprint density at radius 1 is 1.09 bits per heavy atom. The largest absolute Gasteiger partial charge is 0.351 e. The molecule has 0 radical (unpaired) electrons. The Bertz CT molecular complexity index is 738. The highest BCUT2D eigenvalue weighted by Crippen LogP contribution is 2.17. The monoisotopic (exact) mass is 289 g/mol. The lowest BCUT2D eigenvalue weighted by Crippen LogP contribution is -2.19. The van der Waals surface area contributed by atoms with Crippen molar-refractivity contribution in [3.63, 3.8) is 0 Å². The molecule has 2 amide bonds. The number of benzene rings is 2. The minimum atomic E-state index is -0.616. The number of nitrogens with one attached hydrogen (secondary N) is 1. The molecule has 0 aliphatic rings. The van der Waals surface area contributed by atoms with E-state index in [-0.39, 0.29) is 0 Å². The number of anilines is 1. The highest BCUT2D eigenvalue weighted by atomic mass is 16.2. The molecule has 0 aliphatic heterocycles. The van der Waals surface area contributed by atoms with Crippen LogP contribution in [0.5, 0.6) is 0 Å². The van der Waals surface area contributed by atoms with Crippen molar-refractivity contribution in [2.75, 3.05) is 5.32 Å². The average molecular weight is 289 g/mol. The molecule has 0 spiro atoms. The summed E-state index contributed by atoms with van der Waals surface area (Å²) in [5.74, 6) is 0. The zero-order valence-electron chi connectivity index (χ0n) is 11.9. The summed E-state index contributed by atoms with van der Waals surface area (Å²) in [5, 5.41) is 11.7. The molecule has 2 aromatic carbocycles. The summed E-state index contributed by atoms with van der Waals surface area (Å²) in [7, 11) is 0. The molecule has 0 saturated heterocycles. The van der Waals surface area contributed by atoms with Gasteiger partial charge in [0.05, 0.1) is 11.6 Å². The summed E-state index contributed by atoms with van der Waals surface area (Å²) < 4.78 is 0. The first kappa shape index (κ1) is 15.1. The Morgan fingerprint density at radius 2 is 1.77 bits per heavy atom. The van der Waals surface area contributed by atoms with E-state index in [0.717, 1.165) is 11.1 Å². The van der Waals surface area contributed by atoms with Gasteiger partial charge < -0.3 is 11.1 Å². The quantitative estimate of drug-likeness (QED) is 0.663. The molecule has 0 heterocycles. The van der Waals surface area contributed by atoms with Crippen LogP contribution in [0.1, 0.15) is 11.1 Å². The van der Waals surface area contributed by atoms with Gasteiger partial charge in [-0.15, -0.1) is 0 Å². The number of carbonyl (C=O) groups is 1. The molecule has 0 aromatic heterocycles. The van der Waals surface area contributed by atoms with Crippen molar-refractivity contribution in [1.82, 2.24) is 0 Å². The number of amides is 2. The van der Waals surface area contributed by atoms with Crippen LogP contribution in [0.25, 0.3) is 11.6 Å². The number of nitrogens with two attached hydrogens (primary N) is 1. The number of nitrogens with zero attached hydrogens (tertiary/aromatic N) is 1. The van der Waals surface area contributed by atoms with Gasteiger partial charge in [-0.2, -0.15) is 5.26 Å². The van der Waals surface area contributed by atoms with Crippen molar-refractivity contribution in [1.29, 1.82) is 5.26 Å². The van der Waals surface area contributed by atoms with Crippen molar-refractivity contribution in [3.8, 4) is 6.07 Å². The molecule has 0 unspecified atom stereocenters. The second-order valence-electron chi connectivity index (χ2n) is 4.53. The molecule has 0 fully saturated rings. The van der Waals surface area contributed by atoms with E-state index in [1.54, 1.807) is 30.3 Å². The van der Waals surface area contributed by atoms with Gasteiger partial charge in [0.25, 0.3) is 0 Å². The van der Waals surface area contributed by atoms with Crippen LogP contribution < -0.4 is 11.1 Å². The summed E-state index contributed by atoms with van der Waals surface area (Å²) in [6.45, 7) is 0. The Balaban J connectivity index is 2.14. The average Bonchev–Trinajstić information content (AvgIpc) is 2.53. The fourth-order valence-corrected chi connectivity index (χ4v) is 1.89. The Hall–Kier alpha value is -3.32. The minimum Gasteiger partial charge on any atom is -0.351 e. The second-order valence-corrected chi connectivity index (χ2v) is 4.53. The van der Waals surface area contributed by atoms with E-state index in [1.165, 1.54) is 0 Å². The van der Waals surface area contributed by atoms with Gasteiger partial charge in [0, 0.05) is 5.69 Å². The summed E-state index contributed by atoms with van der Waals surface area (Å²) in [6.07, 6.45) is 5.52. The van der Waals surface area contributed by atoms with Crippen LogP contribution in [0, 0.1) is 11.3 Å². The number of allylic oxidation sites excluding steroid dienone is 3. The van der Waals surface area contributed by atoms with Crippen LogP contribution in [0.15, 0.2) is 66.7 Å². The van der Waals surface area contributed by atoms with Crippen molar-refractivity contribution in [2.45, 2.75) is 0 Å². The van der Waals surface area contributed by atoms with Crippen LogP contribution in [-0.2, 0) is 0 Å². The van der Waals surface area contributed by atoms with E-state index in [1.807, 2.05) is 42.5 Å². The summed E-state index contributed by atoms with van der Waals surface area (Å²) in [5.41, 5.74) is 8.02. The lowest BCUT2D eigenvalue weighted by Gasteiger charge is -2.03. The predicted octanol–water partition coefficient (Wildman–Crippen LogP) is 3.80. The molecule has 2 rings (SSSR count). The number of nitriles is 1. The van der Waals surface area contributed by atoms with Crippen LogP contribution in [0.4, 0.5) is 10.5 Å². The van der Waals surface area contributed by atoms with E-state index in [2.05, 4.69) is 11.4 Å². The van der Waals surface area contributed by atoms with Gasteiger partial charge in [0.15, 0.2) is 0 Å². The fraction of sp³-hybridized carbons (Fsp3) is 0. The number of rotatable bonds is 4. The van der Waals surface area contributed by atoms with Gasteiger partial charge in [-0.05, 0) is 29.3 Å². The summed E-state index contributed by atoms with van der Waals surface area (Å²) in [4.78, 5) is 10.8. The van der Waals surface area contributed by atoms with Crippen molar-refractivity contribution < 1.29 is 4.79 Å². The SMILES string of the molecule is N#C/C(=C\C=C/c1ccccc1)c1ccc(NC(N)=O)cc1. The molecule has 108 valence electrons. The van der Waals surface area contributed by atoms with Crippen molar-refractivity contribution >= 4 is 23.4 Å². The van der Waals surface area contributed by atoms with Gasteiger partial charge >= 0.3 is 6.03 Å². The highest BCUT2D eigenvalue weighted by molar-refractivity contribution is 5.88. The number of hydrogen-bond donors (Lipinski definition) is 2. The van der Waals surface area contributed by atoms with Crippen molar-refractivity contribution in [3.05, 3.63) is 77.9 Å². The number of urea groups is 1. The second kappa shape index (κ2) is 7.46. The molecule has 4 heteroatoms. The molecule has 0 bridgehead atoms. The molecule has 0 saturated carbocycles. The standard InChI is InChI=1S/C18H15N3O/c19-13-16(8-4-7-14-5-2-1-3-6-14)15-9-11-17(12-10-15)21-18(20)22/h1-12H,(H3,20,21,22)/b7-4-,16-8+. The zero-order valence-corrected chi connectivity index (χ0v) is 11.9. The van der Waals surface area contributed by atoms with Crippen molar-refractivity contribution in [2.24, 2.45) is 5.73 Å². The number of hydrogen-bond acceptors (Lipinski definition) is 2. The third kappa shape index (κ3) is 4.36. The normalized spacial score (nSPS) is 11.1. The maximum atomic E-state index is 10.8. The van der Waals surface area contributed by atoms with Gasteiger partial charge in [0.1, 0.15) is 0 Å². The molecule has 22 heavy (non-hydrogen) atoms. The van der Waals surface area contributed by atoms with E-state index in [0.29, 0.717) is 11.3 Å². The third-order valence-electron chi connectivity index (χ3n) is 2.94. The lowest BCUT2D eigenvalue weighted by molar-refractivity contribution is 0.259. The van der Waals surface area contributed by atoms with E-state index in [9.17, 15) is 10.1 Å². The molecular formula is C18H15N3O. The van der Waals surface area contributed by atoms with Gasteiger partial charge in [0.2, 0.25) is 0 Å². The fourth-order valence-electron chi connectivity index (χ4n) is 1.89. The zero-order chi connectivity index (χ0) is 15.8. The van der Waals surface area contributed by atoms with Gasteiger partial charge in [-0.1, -0.05) is 54.6 Å². The van der Waals surface area contributed by atoms with E-state index < -0.39 is 6.03 Å². The Kier molecular flexibility index (Phi) is 5.11. The van der Waals surface area contributed by atoms with Crippen LogP contribution in [-0.4, -0.2) is 6.03 Å². The Labute approximate surface area is 129 Å². The molecule has 3 N–H and O–H groups in total. The summed E-state index contributed by atoms with van der Waals surface area (Å²) >= 11 is 0. The predicted molar refractivity (Wildman–Crippen MR) is 88.7 cm³/mol. The lowest BCUT2D eigenvalue weighted by atomic mass is 10.1. The molecule has 2 aromatic rings. The van der Waals surface area contributed by atoms with Crippen LogP contribution in [0.2, 0.25) is 0 Å². The van der Waals surface area contributed by atoms with E-state index in [4.69, 9.17) is 5.73 Å². The number of primary amides is 1. The van der Waals surface area contributed by atoms with Gasteiger partial charge in [-0.25, -0.2) is 4.79 Å². The van der Waals surface area contributed by atoms with Crippen LogP contribution in [0.3, 0.4) is 0 Å². The summed E-state index contributed by atoms with van der Waals surface area (Å²) in [6, 6.07) is 18.3. The maximum Gasteiger partial charge on any atom is 0.316 e. The minimum absolute atomic E-state index is 0.540. The third-order valence-corrected chi connectivity index (χ3v) is 2.94. The molecule has 0 aliphatic carbocycles.